The number of rotatable bonds is 5. The van der Waals surface area contributed by atoms with Crippen molar-refractivity contribution >= 4 is 27.5 Å². The van der Waals surface area contributed by atoms with E-state index in [9.17, 15) is 22.4 Å². The van der Waals surface area contributed by atoms with Gasteiger partial charge in [-0.2, -0.15) is 4.31 Å². The molecule has 1 aromatic rings. The van der Waals surface area contributed by atoms with Gasteiger partial charge in [-0.3, -0.25) is 14.5 Å². The van der Waals surface area contributed by atoms with Crippen molar-refractivity contribution in [3.05, 3.63) is 30.1 Å². The molecule has 0 spiro atoms. The average Bonchev–Trinajstić information content (AvgIpc) is 2.69. The largest absolute Gasteiger partial charge is 0.351 e. The van der Waals surface area contributed by atoms with Crippen LogP contribution in [0.5, 0.6) is 0 Å². The smallest absolute Gasteiger partial charge is 0.247 e. The van der Waals surface area contributed by atoms with Crippen molar-refractivity contribution < 1.29 is 22.4 Å². The molecule has 3 rings (SSSR count). The molecule has 1 N–H and O–H groups in total. The van der Waals surface area contributed by atoms with Gasteiger partial charge in [-0.25, -0.2) is 12.8 Å². The van der Waals surface area contributed by atoms with Crippen LogP contribution in [0.15, 0.2) is 24.3 Å². The first-order valence-corrected chi connectivity index (χ1v) is 11.7. The number of nitrogens with one attached hydrogen (secondary N) is 1. The van der Waals surface area contributed by atoms with Gasteiger partial charge in [0.25, 0.3) is 0 Å². The van der Waals surface area contributed by atoms with E-state index in [4.69, 9.17) is 0 Å². The van der Waals surface area contributed by atoms with E-state index < -0.39 is 33.2 Å². The fourth-order valence-corrected chi connectivity index (χ4v) is 5.25. The minimum absolute atomic E-state index is 0.0106. The molecule has 160 valence electrons. The molecule has 1 saturated carbocycles. The number of nitrogens with zero attached hydrogens (tertiary/aromatic N) is 2. The van der Waals surface area contributed by atoms with Crippen LogP contribution in [0.4, 0.5) is 10.1 Å². The van der Waals surface area contributed by atoms with Crippen LogP contribution in [0.3, 0.4) is 0 Å². The monoisotopic (exact) mass is 425 g/mol. The standard InChI is InChI=1S/C20H28FN3O4S/c1-3-29(27,28)23-13-18(25)24(17-11-9-15(21)10-12-17)20(2,14-23)19(26)22-16-7-5-4-6-8-16/h9-12,16H,3-8,13-14H2,1-2H3,(H,22,26). The minimum atomic E-state index is -3.66. The van der Waals surface area contributed by atoms with Gasteiger partial charge in [0.15, 0.2) is 0 Å². The number of hydrogen-bond acceptors (Lipinski definition) is 4. The summed E-state index contributed by atoms with van der Waals surface area (Å²) in [4.78, 5) is 27.7. The Kier molecular flexibility index (Phi) is 6.28. The Morgan fingerprint density at radius 3 is 2.41 bits per heavy atom. The van der Waals surface area contributed by atoms with Crippen molar-refractivity contribution in [3.8, 4) is 0 Å². The normalized spacial score (nSPS) is 24.5. The van der Waals surface area contributed by atoms with Crippen LogP contribution >= 0.6 is 0 Å². The van der Waals surface area contributed by atoms with Gasteiger partial charge in [0.05, 0.1) is 12.3 Å². The van der Waals surface area contributed by atoms with E-state index >= 15 is 0 Å². The average molecular weight is 426 g/mol. The summed E-state index contributed by atoms with van der Waals surface area (Å²) in [5, 5.41) is 3.02. The van der Waals surface area contributed by atoms with Crippen LogP contribution in [0.1, 0.15) is 46.0 Å². The minimum Gasteiger partial charge on any atom is -0.351 e. The lowest BCUT2D eigenvalue weighted by molar-refractivity contribution is -0.133. The second-order valence-electron chi connectivity index (χ2n) is 7.96. The van der Waals surface area contributed by atoms with Gasteiger partial charge in [-0.1, -0.05) is 19.3 Å². The predicted molar refractivity (Wildman–Crippen MR) is 108 cm³/mol. The van der Waals surface area contributed by atoms with E-state index in [-0.39, 0.29) is 24.9 Å². The van der Waals surface area contributed by atoms with Gasteiger partial charge in [0, 0.05) is 18.3 Å². The summed E-state index contributed by atoms with van der Waals surface area (Å²) in [5.41, 5.74) is -1.07. The second-order valence-corrected chi connectivity index (χ2v) is 10.2. The number of amides is 2. The summed E-state index contributed by atoms with van der Waals surface area (Å²) in [6, 6.07) is 5.32. The highest BCUT2D eigenvalue weighted by molar-refractivity contribution is 7.89. The first-order chi connectivity index (χ1) is 13.7. The molecule has 2 aliphatic rings. The zero-order chi connectivity index (χ0) is 21.2. The van der Waals surface area contributed by atoms with Crippen molar-refractivity contribution in [1.29, 1.82) is 0 Å². The molecule has 2 fully saturated rings. The zero-order valence-corrected chi connectivity index (χ0v) is 17.7. The lowest BCUT2D eigenvalue weighted by atomic mass is 9.91. The molecule has 1 atom stereocenters. The Morgan fingerprint density at radius 1 is 1.21 bits per heavy atom. The number of halogens is 1. The van der Waals surface area contributed by atoms with E-state index in [2.05, 4.69) is 5.32 Å². The van der Waals surface area contributed by atoms with E-state index in [1.165, 1.54) is 36.1 Å². The van der Waals surface area contributed by atoms with Crippen LogP contribution in [0.2, 0.25) is 0 Å². The molecule has 7 nitrogen and oxygen atoms in total. The predicted octanol–water partition coefficient (Wildman–Crippen LogP) is 2.03. The Labute approximate surface area is 171 Å². The van der Waals surface area contributed by atoms with Crippen molar-refractivity contribution in [3.63, 3.8) is 0 Å². The summed E-state index contributed by atoms with van der Waals surface area (Å²) in [7, 11) is -3.66. The van der Waals surface area contributed by atoms with Crippen molar-refractivity contribution in [2.24, 2.45) is 0 Å². The Bertz CT molecular complexity index is 868. The molecule has 1 heterocycles. The molecule has 9 heteroatoms. The van der Waals surface area contributed by atoms with Gasteiger partial charge in [0.1, 0.15) is 11.4 Å². The topological polar surface area (TPSA) is 86.8 Å². The van der Waals surface area contributed by atoms with Gasteiger partial charge in [-0.05, 0) is 51.0 Å². The highest BCUT2D eigenvalue weighted by Gasteiger charge is 2.51. The summed E-state index contributed by atoms with van der Waals surface area (Å²) in [6.45, 7) is 2.58. The highest BCUT2D eigenvalue weighted by Crippen LogP contribution is 2.31. The quantitative estimate of drug-likeness (QED) is 0.782. The van der Waals surface area contributed by atoms with Gasteiger partial charge in [-0.15, -0.1) is 0 Å². The maximum absolute atomic E-state index is 13.4. The van der Waals surface area contributed by atoms with Crippen LogP contribution < -0.4 is 10.2 Å². The number of carbonyl (C=O) groups is 2. The van der Waals surface area contributed by atoms with Gasteiger partial charge in [0.2, 0.25) is 21.8 Å². The van der Waals surface area contributed by atoms with Gasteiger partial charge >= 0.3 is 0 Å². The van der Waals surface area contributed by atoms with Crippen LogP contribution in [-0.4, -0.2) is 55.0 Å². The number of carbonyl (C=O) groups excluding carboxylic acids is 2. The second kappa shape index (κ2) is 8.39. The fraction of sp³-hybridized carbons (Fsp3) is 0.600. The molecule has 1 aliphatic carbocycles. The molecule has 1 aromatic carbocycles. The molecule has 2 amide bonds. The van der Waals surface area contributed by atoms with E-state index in [0.29, 0.717) is 5.69 Å². The number of piperazine rings is 1. The third-order valence-corrected chi connectivity index (χ3v) is 7.59. The third kappa shape index (κ3) is 4.45. The van der Waals surface area contributed by atoms with E-state index in [1.54, 1.807) is 6.92 Å². The molecule has 0 radical (unpaired) electrons. The maximum Gasteiger partial charge on any atom is 0.247 e. The maximum atomic E-state index is 13.4. The highest BCUT2D eigenvalue weighted by atomic mass is 32.2. The van der Waals surface area contributed by atoms with E-state index in [0.717, 1.165) is 36.4 Å². The first kappa shape index (κ1) is 21.7. The fourth-order valence-electron chi connectivity index (χ4n) is 4.13. The molecular formula is C20H28FN3O4S. The summed E-state index contributed by atoms with van der Waals surface area (Å²) < 4.78 is 39.4. The zero-order valence-electron chi connectivity index (χ0n) is 16.9. The summed E-state index contributed by atoms with van der Waals surface area (Å²) in [6.07, 6.45) is 4.91. The molecule has 1 saturated heterocycles. The molecule has 0 bridgehead atoms. The molecule has 1 unspecified atom stereocenters. The lowest BCUT2D eigenvalue weighted by Gasteiger charge is -2.47. The van der Waals surface area contributed by atoms with E-state index in [1.807, 2.05) is 0 Å². The van der Waals surface area contributed by atoms with Crippen LogP contribution in [0.25, 0.3) is 0 Å². The number of hydrogen-bond donors (Lipinski definition) is 1. The number of benzene rings is 1. The summed E-state index contributed by atoms with van der Waals surface area (Å²) >= 11 is 0. The number of anilines is 1. The SMILES string of the molecule is CCS(=O)(=O)N1CC(=O)N(c2ccc(F)cc2)C(C)(C(=O)NC2CCCCC2)C1. The Morgan fingerprint density at radius 2 is 1.83 bits per heavy atom. The van der Waals surface area contributed by atoms with Crippen LogP contribution in [-0.2, 0) is 19.6 Å². The van der Waals surface area contributed by atoms with Gasteiger partial charge < -0.3 is 5.32 Å². The molecular weight excluding hydrogens is 397 g/mol. The van der Waals surface area contributed by atoms with Crippen molar-refractivity contribution in [1.82, 2.24) is 9.62 Å². The molecule has 1 aliphatic heterocycles. The Hall–Kier alpha value is -2.00. The Balaban J connectivity index is 1.97. The van der Waals surface area contributed by atoms with Crippen molar-refractivity contribution in [2.75, 3.05) is 23.7 Å². The molecule has 29 heavy (non-hydrogen) atoms. The lowest BCUT2D eigenvalue weighted by Crippen LogP contribution is -2.71. The van der Waals surface area contributed by atoms with Crippen molar-refractivity contribution in [2.45, 2.75) is 57.5 Å². The summed E-state index contributed by atoms with van der Waals surface area (Å²) in [5.74, 6) is -1.52. The first-order valence-electron chi connectivity index (χ1n) is 10.0. The molecule has 0 aromatic heterocycles. The number of sulfonamides is 1. The third-order valence-electron chi connectivity index (χ3n) is 5.81. The van der Waals surface area contributed by atoms with Crippen LogP contribution in [0, 0.1) is 5.82 Å².